The van der Waals surface area contributed by atoms with E-state index < -0.39 is 0 Å². The van der Waals surface area contributed by atoms with Gasteiger partial charge in [-0.2, -0.15) is 0 Å². The van der Waals surface area contributed by atoms with Gasteiger partial charge in [-0.25, -0.2) is 0 Å². The molecule has 2 aliphatic rings. The quantitative estimate of drug-likeness (QED) is 0.549. The second-order valence-electron chi connectivity index (χ2n) is 8.43. The van der Waals surface area contributed by atoms with Gasteiger partial charge in [-0.1, -0.05) is 30.3 Å². The van der Waals surface area contributed by atoms with Crippen molar-refractivity contribution in [3.63, 3.8) is 0 Å². The monoisotopic (exact) mass is 432 g/mol. The number of benzene rings is 1. The summed E-state index contributed by atoms with van der Waals surface area (Å²) in [6.45, 7) is 10.3. The summed E-state index contributed by atoms with van der Waals surface area (Å²) in [5.74, 6) is 0.834. The summed E-state index contributed by atoms with van der Waals surface area (Å²) in [6.07, 6.45) is 4.36. The van der Waals surface area contributed by atoms with Gasteiger partial charge in [0.05, 0.1) is 23.1 Å². The fourth-order valence-corrected chi connectivity index (χ4v) is 4.46. The molecule has 3 aromatic rings. The predicted molar refractivity (Wildman–Crippen MR) is 125 cm³/mol. The van der Waals surface area contributed by atoms with Crippen molar-refractivity contribution < 1.29 is 0 Å². The topological polar surface area (TPSA) is 69.3 Å². The fraction of sp³-hybridized carbons (Fsp3) is 0.292. The predicted octanol–water partition coefficient (Wildman–Crippen LogP) is 5.12. The number of pyridine rings is 1. The molecule has 0 bridgehead atoms. The van der Waals surface area contributed by atoms with Crippen LogP contribution in [0.25, 0.3) is 5.65 Å². The normalized spacial score (nSPS) is 18.9. The number of halogens is 1. The van der Waals surface area contributed by atoms with E-state index in [0.29, 0.717) is 16.8 Å². The van der Waals surface area contributed by atoms with Crippen LogP contribution < -0.4 is 10.2 Å². The van der Waals surface area contributed by atoms with Crippen molar-refractivity contribution in [3.8, 4) is 0 Å². The lowest BCUT2D eigenvalue weighted by molar-refractivity contribution is 0.811. The van der Waals surface area contributed by atoms with E-state index >= 15 is 0 Å². The maximum Gasteiger partial charge on any atom is 0.163 e. The average Bonchev–Trinajstić information content (AvgIpc) is 3.40. The van der Waals surface area contributed by atoms with Gasteiger partial charge in [0.2, 0.25) is 0 Å². The Kier molecular flexibility index (Phi) is 4.63. The maximum atomic E-state index is 8.62. The summed E-state index contributed by atoms with van der Waals surface area (Å²) in [5, 5.41) is 21.5. The zero-order valence-corrected chi connectivity index (χ0v) is 18.7. The highest BCUT2D eigenvalue weighted by atomic mass is 35.5. The number of nitrogens with zero attached hydrogens (tertiary/aromatic N) is 4. The molecule has 2 N–H and O–H groups in total. The number of hydrogen-bond acceptors (Lipinski definition) is 5. The molecule has 1 aliphatic heterocycles. The van der Waals surface area contributed by atoms with E-state index in [2.05, 4.69) is 39.3 Å². The minimum absolute atomic E-state index is 0.169. The van der Waals surface area contributed by atoms with Crippen molar-refractivity contribution in [2.75, 3.05) is 4.90 Å². The van der Waals surface area contributed by atoms with Crippen LogP contribution in [0.5, 0.6) is 0 Å². The second kappa shape index (κ2) is 7.24. The van der Waals surface area contributed by atoms with E-state index in [1.165, 1.54) is 0 Å². The Bertz CT molecular complexity index is 1250. The first-order valence-electron chi connectivity index (χ1n) is 10.5. The average molecular weight is 433 g/mol. The first-order chi connectivity index (χ1) is 14.8. The highest BCUT2D eigenvalue weighted by Gasteiger charge is 2.40. The van der Waals surface area contributed by atoms with Crippen molar-refractivity contribution in [1.29, 1.82) is 5.41 Å². The van der Waals surface area contributed by atoms with E-state index in [1.54, 1.807) is 0 Å². The molecule has 31 heavy (non-hydrogen) atoms. The summed E-state index contributed by atoms with van der Waals surface area (Å²) in [6, 6.07) is 10.3. The number of fused-ring (bicyclic) bond motifs is 1. The summed E-state index contributed by atoms with van der Waals surface area (Å²) in [7, 11) is 0. The summed E-state index contributed by atoms with van der Waals surface area (Å²) in [5.41, 5.74) is 7.27. The Morgan fingerprint density at radius 2 is 1.90 bits per heavy atom. The van der Waals surface area contributed by atoms with Crippen molar-refractivity contribution in [1.82, 2.24) is 19.9 Å². The molecule has 6 nitrogen and oxygen atoms in total. The highest BCUT2D eigenvalue weighted by molar-refractivity contribution is 6.30. The van der Waals surface area contributed by atoms with Gasteiger partial charge in [0.25, 0.3) is 0 Å². The Morgan fingerprint density at radius 1 is 1.19 bits per heavy atom. The largest absolute Gasteiger partial charge is 0.380 e. The van der Waals surface area contributed by atoms with E-state index in [1.807, 2.05) is 49.4 Å². The van der Waals surface area contributed by atoms with E-state index in [9.17, 15) is 0 Å². The van der Waals surface area contributed by atoms with Crippen LogP contribution in [0.4, 0.5) is 5.69 Å². The number of aryl methyl sites for hydroxylation is 2. The first-order valence-corrected chi connectivity index (χ1v) is 10.8. The fourth-order valence-electron chi connectivity index (χ4n) is 4.33. The van der Waals surface area contributed by atoms with Crippen LogP contribution in [0.15, 0.2) is 60.1 Å². The van der Waals surface area contributed by atoms with Crippen LogP contribution >= 0.6 is 11.6 Å². The SMILES string of the molecule is C=C1C(NC2CC2)=C(C(C)=N)C(c2ccc(Cl)cc2)N1c1cc(C)c2nnc(C)n2c1. The second-order valence-corrected chi connectivity index (χ2v) is 8.86. The van der Waals surface area contributed by atoms with Gasteiger partial charge in [0.1, 0.15) is 5.82 Å². The molecule has 5 rings (SSSR count). The number of nitrogens with one attached hydrogen (secondary N) is 2. The van der Waals surface area contributed by atoms with Crippen LogP contribution in [0.3, 0.4) is 0 Å². The molecule has 0 amide bonds. The highest BCUT2D eigenvalue weighted by Crippen LogP contribution is 2.46. The number of hydrogen-bond donors (Lipinski definition) is 2. The van der Waals surface area contributed by atoms with Crippen LogP contribution in [0, 0.1) is 19.3 Å². The Morgan fingerprint density at radius 3 is 2.55 bits per heavy atom. The smallest absolute Gasteiger partial charge is 0.163 e. The van der Waals surface area contributed by atoms with Crippen molar-refractivity contribution in [2.24, 2.45) is 0 Å². The van der Waals surface area contributed by atoms with Crippen LogP contribution in [-0.2, 0) is 0 Å². The van der Waals surface area contributed by atoms with Gasteiger partial charge in [-0.15, -0.1) is 10.2 Å². The molecule has 1 atom stereocenters. The van der Waals surface area contributed by atoms with Crippen LogP contribution in [0.2, 0.25) is 5.02 Å². The lowest BCUT2D eigenvalue weighted by Crippen LogP contribution is -2.26. The number of aromatic nitrogens is 3. The standard InChI is InChI=1S/C24H25ClN6/c1-13-11-20(12-30-16(4)28-29-24(13)30)31-15(3)22(27-19-9-10-19)21(14(2)26)23(31)17-5-7-18(25)8-6-17/h5-8,11-12,19,23,26-27H,3,9-10H2,1-2,4H3. The molecule has 1 unspecified atom stereocenters. The van der Waals surface area contributed by atoms with Gasteiger partial charge >= 0.3 is 0 Å². The van der Waals surface area contributed by atoms with Crippen molar-refractivity contribution >= 4 is 28.6 Å². The summed E-state index contributed by atoms with van der Waals surface area (Å²) in [4.78, 5) is 2.22. The number of anilines is 1. The zero-order chi connectivity index (χ0) is 21.9. The van der Waals surface area contributed by atoms with Gasteiger partial charge in [-0.05, 0) is 62.9 Å². The van der Waals surface area contributed by atoms with Gasteiger partial charge in [0, 0.05) is 28.5 Å². The third-order valence-electron chi connectivity index (χ3n) is 6.02. The minimum atomic E-state index is -0.169. The molecule has 158 valence electrons. The van der Waals surface area contributed by atoms with Crippen LogP contribution in [0.1, 0.15) is 42.8 Å². The molecular formula is C24H25ClN6. The molecule has 0 spiro atoms. The molecule has 0 saturated heterocycles. The minimum Gasteiger partial charge on any atom is -0.380 e. The molecule has 1 saturated carbocycles. The molecule has 2 aromatic heterocycles. The molecule has 3 heterocycles. The van der Waals surface area contributed by atoms with Gasteiger partial charge < -0.3 is 15.6 Å². The Hall–Kier alpha value is -3.12. The Labute approximate surface area is 186 Å². The molecule has 1 fully saturated rings. The third-order valence-corrected chi connectivity index (χ3v) is 6.27. The van der Waals surface area contributed by atoms with E-state index in [0.717, 1.165) is 58.1 Å². The third kappa shape index (κ3) is 3.31. The van der Waals surface area contributed by atoms with Crippen molar-refractivity contribution in [3.05, 3.63) is 82.0 Å². The van der Waals surface area contributed by atoms with E-state index in [-0.39, 0.29) is 6.04 Å². The molecular weight excluding hydrogens is 408 g/mol. The summed E-state index contributed by atoms with van der Waals surface area (Å²) >= 11 is 6.18. The molecule has 1 aliphatic carbocycles. The maximum absolute atomic E-state index is 8.62. The number of rotatable bonds is 5. The van der Waals surface area contributed by atoms with Gasteiger partial charge in [-0.3, -0.25) is 4.40 Å². The lowest BCUT2D eigenvalue weighted by Gasteiger charge is -2.30. The molecule has 0 radical (unpaired) electrons. The lowest BCUT2D eigenvalue weighted by atomic mass is 9.95. The first kappa shape index (κ1) is 19.8. The Balaban J connectivity index is 1.71. The van der Waals surface area contributed by atoms with E-state index in [4.69, 9.17) is 17.0 Å². The zero-order valence-electron chi connectivity index (χ0n) is 17.9. The van der Waals surface area contributed by atoms with Gasteiger partial charge in [0.15, 0.2) is 5.65 Å². The van der Waals surface area contributed by atoms with Crippen LogP contribution in [-0.4, -0.2) is 26.4 Å². The summed E-state index contributed by atoms with van der Waals surface area (Å²) < 4.78 is 2.01. The van der Waals surface area contributed by atoms with Crippen molar-refractivity contribution in [2.45, 2.75) is 45.7 Å². The molecule has 1 aromatic carbocycles. The molecule has 7 heteroatoms.